The fourth-order valence-corrected chi connectivity index (χ4v) is 2.15. The molecule has 5 nitrogen and oxygen atoms in total. The number of hydrogen-bond acceptors (Lipinski definition) is 3. The molecular formula is C19H32ClN3O2. The maximum atomic E-state index is 12.1. The van der Waals surface area contributed by atoms with Gasteiger partial charge in [-0.15, -0.1) is 12.4 Å². The zero-order valence-electron chi connectivity index (χ0n) is 15.8. The molecule has 0 atom stereocenters. The Balaban J connectivity index is 0.00000576. The van der Waals surface area contributed by atoms with Crippen LogP contribution in [0.1, 0.15) is 58.4 Å². The van der Waals surface area contributed by atoms with Crippen LogP contribution < -0.4 is 16.4 Å². The summed E-state index contributed by atoms with van der Waals surface area (Å²) >= 11 is 0. The molecule has 0 aromatic heterocycles. The predicted molar refractivity (Wildman–Crippen MR) is 107 cm³/mol. The van der Waals surface area contributed by atoms with Crippen molar-refractivity contribution < 1.29 is 9.59 Å². The van der Waals surface area contributed by atoms with Crippen LogP contribution in [0.4, 0.5) is 11.4 Å². The Bertz CT molecular complexity index is 568. The van der Waals surface area contributed by atoms with Crippen molar-refractivity contribution in [1.29, 1.82) is 0 Å². The summed E-state index contributed by atoms with van der Waals surface area (Å²) in [6, 6.07) is 5.56. The summed E-state index contributed by atoms with van der Waals surface area (Å²) in [7, 11) is 0. The van der Waals surface area contributed by atoms with Crippen molar-refractivity contribution in [3.63, 3.8) is 0 Å². The second-order valence-electron chi connectivity index (χ2n) is 7.23. The van der Waals surface area contributed by atoms with Crippen molar-refractivity contribution in [2.24, 2.45) is 11.1 Å². The summed E-state index contributed by atoms with van der Waals surface area (Å²) in [5, 5.41) is 5.83. The van der Waals surface area contributed by atoms with Gasteiger partial charge in [0.1, 0.15) is 0 Å². The van der Waals surface area contributed by atoms with E-state index in [-0.39, 0.29) is 24.2 Å². The number of aryl methyl sites for hydroxylation is 1. The van der Waals surface area contributed by atoms with Gasteiger partial charge in [-0.3, -0.25) is 9.59 Å². The van der Waals surface area contributed by atoms with Gasteiger partial charge in [-0.1, -0.05) is 39.7 Å². The third-order valence-corrected chi connectivity index (χ3v) is 3.81. The Morgan fingerprint density at radius 3 is 2.28 bits per heavy atom. The highest BCUT2D eigenvalue weighted by atomic mass is 35.5. The monoisotopic (exact) mass is 369 g/mol. The van der Waals surface area contributed by atoms with Gasteiger partial charge in [0.25, 0.3) is 0 Å². The first-order valence-corrected chi connectivity index (χ1v) is 8.66. The number of rotatable bonds is 8. The molecule has 2 amide bonds. The molecule has 0 aliphatic carbocycles. The number of nitrogens with two attached hydrogens (primary N) is 1. The van der Waals surface area contributed by atoms with Crippen molar-refractivity contribution in [2.75, 3.05) is 17.2 Å². The molecule has 25 heavy (non-hydrogen) atoms. The van der Waals surface area contributed by atoms with Crippen LogP contribution in [0.15, 0.2) is 18.2 Å². The molecule has 0 aliphatic heterocycles. The average molecular weight is 370 g/mol. The molecule has 6 heteroatoms. The third kappa shape index (κ3) is 8.89. The number of benzene rings is 1. The predicted octanol–water partition coefficient (Wildman–Crippen LogP) is 4.25. The van der Waals surface area contributed by atoms with Gasteiger partial charge in [-0.25, -0.2) is 0 Å². The summed E-state index contributed by atoms with van der Waals surface area (Å²) in [4.78, 5) is 24.1. The van der Waals surface area contributed by atoms with Crippen molar-refractivity contribution in [2.45, 2.75) is 59.8 Å². The molecule has 0 radical (unpaired) electrons. The zero-order chi connectivity index (χ0) is 18.2. The van der Waals surface area contributed by atoms with Gasteiger partial charge in [0.15, 0.2) is 0 Å². The van der Waals surface area contributed by atoms with E-state index in [0.717, 1.165) is 36.9 Å². The van der Waals surface area contributed by atoms with E-state index < -0.39 is 5.41 Å². The lowest BCUT2D eigenvalue weighted by Crippen LogP contribution is -2.28. The highest BCUT2D eigenvalue weighted by Gasteiger charge is 2.21. The maximum absolute atomic E-state index is 12.1. The molecule has 0 saturated carbocycles. The largest absolute Gasteiger partial charge is 0.330 e. The van der Waals surface area contributed by atoms with Crippen LogP contribution in [-0.4, -0.2) is 18.4 Å². The Morgan fingerprint density at radius 2 is 1.68 bits per heavy atom. The number of amides is 2. The molecule has 1 aromatic carbocycles. The third-order valence-electron chi connectivity index (χ3n) is 3.81. The van der Waals surface area contributed by atoms with E-state index in [1.807, 2.05) is 45.9 Å². The summed E-state index contributed by atoms with van der Waals surface area (Å²) in [6.07, 6.45) is 4.46. The highest BCUT2D eigenvalue weighted by molar-refractivity contribution is 5.97. The highest BCUT2D eigenvalue weighted by Crippen LogP contribution is 2.23. The summed E-state index contributed by atoms with van der Waals surface area (Å²) in [5.41, 5.74) is 7.39. The maximum Gasteiger partial charge on any atom is 0.229 e. The van der Waals surface area contributed by atoms with Crippen molar-refractivity contribution >= 4 is 35.6 Å². The zero-order valence-corrected chi connectivity index (χ0v) is 16.6. The molecule has 0 heterocycles. The van der Waals surface area contributed by atoms with Crippen LogP contribution >= 0.6 is 12.4 Å². The lowest BCUT2D eigenvalue weighted by atomic mass is 9.95. The first-order valence-electron chi connectivity index (χ1n) is 8.66. The number of halogens is 1. The van der Waals surface area contributed by atoms with Crippen LogP contribution in [0, 0.1) is 12.3 Å². The minimum absolute atomic E-state index is 0. The SMILES string of the molecule is Cc1ccc(NC(=O)CCCCCCN)cc1NC(=O)C(C)(C)C.Cl. The average Bonchev–Trinajstić information content (AvgIpc) is 2.49. The Labute approximate surface area is 157 Å². The number of hydrogen-bond donors (Lipinski definition) is 3. The molecular weight excluding hydrogens is 338 g/mol. The van der Waals surface area contributed by atoms with E-state index in [0.29, 0.717) is 18.7 Å². The first kappa shape index (κ1) is 23.4. The molecule has 1 aromatic rings. The van der Waals surface area contributed by atoms with Crippen LogP contribution in [0.3, 0.4) is 0 Å². The molecule has 0 unspecified atom stereocenters. The van der Waals surface area contributed by atoms with Crippen LogP contribution in [-0.2, 0) is 9.59 Å². The molecule has 0 aliphatic rings. The fourth-order valence-electron chi connectivity index (χ4n) is 2.15. The van der Waals surface area contributed by atoms with Crippen LogP contribution in [0.2, 0.25) is 0 Å². The van der Waals surface area contributed by atoms with E-state index in [2.05, 4.69) is 10.6 Å². The van der Waals surface area contributed by atoms with Gasteiger partial charge in [-0.2, -0.15) is 0 Å². The second-order valence-corrected chi connectivity index (χ2v) is 7.23. The summed E-state index contributed by atoms with van der Waals surface area (Å²) < 4.78 is 0. The molecule has 142 valence electrons. The van der Waals surface area contributed by atoms with E-state index >= 15 is 0 Å². The molecule has 0 saturated heterocycles. The van der Waals surface area contributed by atoms with Gasteiger partial charge in [0.2, 0.25) is 11.8 Å². The standard InChI is InChI=1S/C19H31N3O2.ClH/c1-14-10-11-15(13-16(14)22-18(24)19(2,3)4)21-17(23)9-7-5-6-8-12-20;/h10-11,13H,5-9,12,20H2,1-4H3,(H,21,23)(H,22,24);1H. The van der Waals surface area contributed by atoms with E-state index in [9.17, 15) is 9.59 Å². The molecule has 1 rings (SSSR count). The molecule has 0 spiro atoms. The molecule has 0 bridgehead atoms. The van der Waals surface area contributed by atoms with Gasteiger partial charge in [-0.05, 0) is 44.0 Å². The number of nitrogens with one attached hydrogen (secondary N) is 2. The number of carbonyl (C=O) groups is 2. The Hall–Kier alpha value is -1.59. The van der Waals surface area contributed by atoms with Crippen molar-refractivity contribution in [3.8, 4) is 0 Å². The molecule has 0 fully saturated rings. The fraction of sp³-hybridized carbons (Fsp3) is 0.579. The van der Waals surface area contributed by atoms with Crippen LogP contribution in [0.25, 0.3) is 0 Å². The second kappa shape index (κ2) is 11.1. The number of unbranched alkanes of at least 4 members (excludes halogenated alkanes) is 3. The first-order chi connectivity index (χ1) is 11.2. The Morgan fingerprint density at radius 1 is 1.04 bits per heavy atom. The lowest BCUT2D eigenvalue weighted by Gasteiger charge is -2.19. The minimum Gasteiger partial charge on any atom is -0.330 e. The van der Waals surface area contributed by atoms with E-state index in [4.69, 9.17) is 5.73 Å². The quantitative estimate of drug-likeness (QED) is 0.599. The smallest absolute Gasteiger partial charge is 0.229 e. The van der Waals surface area contributed by atoms with Crippen molar-refractivity contribution in [1.82, 2.24) is 0 Å². The van der Waals surface area contributed by atoms with Gasteiger partial charge >= 0.3 is 0 Å². The number of anilines is 2. The lowest BCUT2D eigenvalue weighted by molar-refractivity contribution is -0.123. The van der Waals surface area contributed by atoms with Gasteiger partial charge < -0.3 is 16.4 Å². The van der Waals surface area contributed by atoms with E-state index in [1.165, 1.54) is 0 Å². The summed E-state index contributed by atoms with van der Waals surface area (Å²) in [6.45, 7) is 8.25. The number of carbonyl (C=O) groups excluding carboxylic acids is 2. The van der Waals surface area contributed by atoms with Crippen molar-refractivity contribution in [3.05, 3.63) is 23.8 Å². The van der Waals surface area contributed by atoms with Crippen LogP contribution in [0.5, 0.6) is 0 Å². The van der Waals surface area contributed by atoms with E-state index in [1.54, 1.807) is 0 Å². The normalized spacial score (nSPS) is 10.8. The van der Waals surface area contributed by atoms with Gasteiger partial charge in [0, 0.05) is 23.2 Å². The summed E-state index contributed by atoms with van der Waals surface area (Å²) in [5.74, 6) is -0.0475. The minimum atomic E-state index is -0.463. The van der Waals surface area contributed by atoms with Gasteiger partial charge in [0.05, 0.1) is 0 Å². The Kier molecular flexibility index (Phi) is 10.4. The molecule has 4 N–H and O–H groups in total. The topological polar surface area (TPSA) is 84.2 Å².